The molecule has 1 N–H and O–H groups in total. The van der Waals surface area contributed by atoms with Crippen molar-refractivity contribution in [2.24, 2.45) is 7.05 Å². The highest BCUT2D eigenvalue weighted by Crippen LogP contribution is 2.39. The molecule has 1 heterocycles. The molecule has 0 unspecified atom stereocenters. The lowest BCUT2D eigenvalue weighted by molar-refractivity contribution is 0.344. The van der Waals surface area contributed by atoms with Gasteiger partial charge in [0.2, 0.25) is 0 Å². The summed E-state index contributed by atoms with van der Waals surface area (Å²) in [5.41, 5.74) is 1.91. The molecule has 0 bridgehead atoms. The van der Waals surface area contributed by atoms with Crippen LogP contribution in [0.1, 0.15) is 31.2 Å². The maximum atomic E-state index is 9.69. The van der Waals surface area contributed by atoms with E-state index in [2.05, 4.69) is 28.6 Å². The second kappa shape index (κ2) is 5.61. The van der Waals surface area contributed by atoms with Crippen molar-refractivity contribution in [3.63, 3.8) is 0 Å². The minimum Gasteiger partial charge on any atom is -0.380 e. The van der Waals surface area contributed by atoms with Gasteiger partial charge in [-0.15, -0.1) is 0 Å². The lowest BCUT2D eigenvalue weighted by atomic mass is 9.69. The molecule has 1 aliphatic rings. The van der Waals surface area contributed by atoms with Crippen molar-refractivity contribution in [1.29, 1.82) is 5.26 Å². The third-order valence-electron chi connectivity index (χ3n) is 4.46. The summed E-state index contributed by atoms with van der Waals surface area (Å²) in [4.78, 5) is 0. The molecule has 1 aromatic carbocycles. The average molecular weight is 280 g/mol. The number of aryl methyl sites for hydroxylation is 1. The van der Waals surface area contributed by atoms with E-state index in [4.69, 9.17) is 0 Å². The highest BCUT2D eigenvalue weighted by Gasteiger charge is 2.37. The van der Waals surface area contributed by atoms with Gasteiger partial charge >= 0.3 is 0 Å². The summed E-state index contributed by atoms with van der Waals surface area (Å²) in [6, 6.07) is 13.2. The fourth-order valence-corrected chi connectivity index (χ4v) is 3.21. The number of hydrogen-bond acceptors (Lipinski definition) is 3. The van der Waals surface area contributed by atoms with Crippen LogP contribution in [0.3, 0.4) is 0 Å². The molecule has 0 saturated heterocycles. The van der Waals surface area contributed by atoms with E-state index in [0.29, 0.717) is 6.04 Å². The van der Waals surface area contributed by atoms with E-state index in [1.165, 1.54) is 0 Å². The fraction of sp³-hybridized carbons (Fsp3) is 0.412. The Labute approximate surface area is 125 Å². The number of rotatable bonds is 3. The third kappa shape index (κ3) is 2.78. The van der Waals surface area contributed by atoms with E-state index < -0.39 is 0 Å². The summed E-state index contributed by atoms with van der Waals surface area (Å²) >= 11 is 0. The molecule has 0 amide bonds. The monoisotopic (exact) mass is 280 g/mol. The van der Waals surface area contributed by atoms with Crippen molar-refractivity contribution >= 4 is 5.69 Å². The Hall–Kier alpha value is -2.28. The van der Waals surface area contributed by atoms with Gasteiger partial charge in [-0.2, -0.15) is 10.4 Å². The first-order valence-corrected chi connectivity index (χ1v) is 7.44. The van der Waals surface area contributed by atoms with Crippen LogP contribution < -0.4 is 5.32 Å². The average Bonchev–Trinajstić information content (AvgIpc) is 2.94. The van der Waals surface area contributed by atoms with Crippen LogP contribution in [0.5, 0.6) is 0 Å². The molecule has 3 rings (SSSR count). The van der Waals surface area contributed by atoms with Gasteiger partial charge in [0.1, 0.15) is 0 Å². The predicted molar refractivity (Wildman–Crippen MR) is 82.8 cm³/mol. The topological polar surface area (TPSA) is 53.6 Å². The van der Waals surface area contributed by atoms with Crippen LogP contribution in [0, 0.1) is 11.3 Å². The zero-order valence-corrected chi connectivity index (χ0v) is 12.3. The first kappa shape index (κ1) is 13.7. The number of anilines is 1. The molecule has 4 nitrogen and oxygen atoms in total. The van der Waals surface area contributed by atoms with Gasteiger partial charge in [0.05, 0.1) is 23.4 Å². The number of nitriles is 1. The Morgan fingerprint density at radius 1 is 1.29 bits per heavy atom. The number of aromatic nitrogens is 2. The lowest BCUT2D eigenvalue weighted by Gasteiger charge is -2.35. The van der Waals surface area contributed by atoms with E-state index in [1.54, 1.807) is 4.68 Å². The summed E-state index contributed by atoms with van der Waals surface area (Å²) in [6.45, 7) is 0. The largest absolute Gasteiger partial charge is 0.380 e. The van der Waals surface area contributed by atoms with Crippen molar-refractivity contribution in [3.8, 4) is 6.07 Å². The van der Waals surface area contributed by atoms with Crippen molar-refractivity contribution in [2.75, 3.05) is 5.32 Å². The maximum Gasteiger partial charge on any atom is 0.0824 e. The van der Waals surface area contributed by atoms with Crippen molar-refractivity contribution in [3.05, 3.63) is 48.3 Å². The number of nitrogens with one attached hydrogen (secondary N) is 1. The quantitative estimate of drug-likeness (QED) is 0.939. The van der Waals surface area contributed by atoms with E-state index in [0.717, 1.165) is 36.9 Å². The molecule has 1 fully saturated rings. The van der Waals surface area contributed by atoms with E-state index >= 15 is 0 Å². The highest BCUT2D eigenvalue weighted by molar-refractivity contribution is 5.40. The second-order valence-corrected chi connectivity index (χ2v) is 5.88. The van der Waals surface area contributed by atoms with Crippen molar-refractivity contribution < 1.29 is 0 Å². The van der Waals surface area contributed by atoms with E-state index in [1.807, 2.05) is 37.6 Å². The molecule has 0 spiro atoms. The number of benzene rings is 1. The van der Waals surface area contributed by atoms with E-state index in [-0.39, 0.29) is 5.41 Å². The SMILES string of the molecule is Cn1cc(NC2CCC(C#N)(c3ccccc3)CC2)cn1. The molecule has 0 atom stereocenters. The second-order valence-electron chi connectivity index (χ2n) is 5.88. The molecular formula is C17H20N4. The summed E-state index contributed by atoms with van der Waals surface area (Å²) < 4.78 is 1.80. The molecule has 108 valence electrons. The molecule has 2 aromatic rings. The zero-order valence-electron chi connectivity index (χ0n) is 12.3. The first-order valence-electron chi connectivity index (χ1n) is 7.44. The lowest BCUT2D eigenvalue weighted by Crippen LogP contribution is -2.35. The third-order valence-corrected chi connectivity index (χ3v) is 4.46. The summed E-state index contributed by atoms with van der Waals surface area (Å²) in [5, 5.41) is 17.4. The Morgan fingerprint density at radius 2 is 2.00 bits per heavy atom. The van der Waals surface area contributed by atoms with Gasteiger partial charge in [-0.05, 0) is 31.2 Å². The van der Waals surface area contributed by atoms with E-state index in [9.17, 15) is 5.26 Å². The van der Waals surface area contributed by atoms with Crippen LogP contribution in [-0.2, 0) is 12.5 Å². The Balaban J connectivity index is 1.68. The first-order chi connectivity index (χ1) is 10.2. The molecule has 21 heavy (non-hydrogen) atoms. The molecule has 0 aliphatic heterocycles. The molecule has 4 heteroatoms. The van der Waals surface area contributed by atoms with Gasteiger partial charge in [0, 0.05) is 19.3 Å². The standard InChI is InChI=1S/C17H20N4/c1-21-12-16(11-19-21)20-15-7-9-17(13-18,10-8-15)14-5-3-2-4-6-14/h2-6,11-12,15,20H,7-10H2,1H3. The molecule has 1 aromatic heterocycles. The molecule has 0 radical (unpaired) electrons. The van der Waals surface area contributed by atoms with Crippen LogP contribution in [0.2, 0.25) is 0 Å². The fourth-order valence-electron chi connectivity index (χ4n) is 3.21. The van der Waals surface area contributed by atoms with Gasteiger partial charge in [0.15, 0.2) is 0 Å². The Kier molecular flexibility index (Phi) is 3.66. The minimum absolute atomic E-state index is 0.311. The molecule has 1 saturated carbocycles. The van der Waals surface area contributed by atoms with Crippen molar-refractivity contribution in [2.45, 2.75) is 37.1 Å². The Bertz CT molecular complexity index is 630. The molecule has 1 aliphatic carbocycles. The van der Waals surface area contributed by atoms with Gasteiger partial charge in [0.25, 0.3) is 0 Å². The van der Waals surface area contributed by atoms with Crippen LogP contribution in [-0.4, -0.2) is 15.8 Å². The summed E-state index contributed by atoms with van der Waals surface area (Å²) in [7, 11) is 1.92. The van der Waals surface area contributed by atoms with Gasteiger partial charge < -0.3 is 5.32 Å². The summed E-state index contributed by atoms with van der Waals surface area (Å²) in [6.07, 6.45) is 7.68. The number of nitrogens with zero attached hydrogens (tertiary/aromatic N) is 3. The van der Waals surface area contributed by atoms with Crippen LogP contribution in [0.15, 0.2) is 42.7 Å². The Morgan fingerprint density at radius 3 is 2.57 bits per heavy atom. The van der Waals surface area contributed by atoms with Gasteiger partial charge in [-0.25, -0.2) is 0 Å². The number of hydrogen-bond donors (Lipinski definition) is 1. The van der Waals surface area contributed by atoms with Crippen LogP contribution >= 0.6 is 0 Å². The predicted octanol–water partition coefficient (Wildman–Crippen LogP) is 3.24. The summed E-state index contributed by atoms with van der Waals surface area (Å²) in [5.74, 6) is 0. The van der Waals surface area contributed by atoms with Gasteiger partial charge in [-0.1, -0.05) is 30.3 Å². The van der Waals surface area contributed by atoms with Crippen LogP contribution in [0.4, 0.5) is 5.69 Å². The van der Waals surface area contributed by atoms with Crippen molar-refractivity contribution in [1.82, 2.24) is 9.78 Å². The highest BCUT2D eigenvalue weighted by atomic mass is 15.3. The normalized spacial score (nSPS) is 25.2. The zero-order chi connectivity index (χ0) is 14.7. The van der Waals surface area contributed by atoms with Gasteiger partial charge in [-0.3, -0.25) is 4.68 Å². The van der Waals surface area contributed by atoms with Crippen LogP contribution in [0.25, 0.3) is 0 Å². The smallest absolute Gasteiger partial charge is 0.0824 e. The minimum atomic E-state index is -0.311. The maximum absolute atomic E-state index is 9.69. The molecular weight excluding hydrogens is 260 g/mol.